The first-order chi connectivity index (χ1) is 22.9. The summed E-state index contributed by atoms with van der Waals surface area (Å²) in [5.41, 5.74) is 8.41. The van der Waals surface area contributed by atoms with Gasteiger partial charge in [0.25, 0.3) is 0 Å². The van der Waals surface area contributed by atoms with Gasteiger partial charge in [0, 0.05) is 0 Å². The molecular formula is C46H56Cl2SiZr-2. The summed E-state index contributed by atoms with van der Waals surface area (Å²) in [6.45, 7) is 22.7. The minimum atomic E-state index is -0.455. The molecule has 0 aliphatic carbocycles. The van der Waals surface area contributed by atoms with Crippen LogP contribution in [-0.2, 0) is 36.2 Å². The van der Waals surface area contributed by atoms with E-state index in [1.165, 1.54) is 65.3 Å². The van der Waals surface area contributed by atoms with E-state index in [2.05, 4.69) is 178 Å². The first-order valence-electron chi connectivity index (χ1n) is 18.1. The number of halogens is 2. The van der Waals surface area contributed by atoms with Gasteiger partial charge in [-0.3, -0.25) is 0 Å². The van der Waals surface area contributed by atoms with Crippen LogP contribution in [0.1, 0.15) is 126 Å². The van der Waals surface area contributed by atoms with Crippen LogP contribution in [0.15, 0.2) is 109 Å². The molecule has 50 heavy (non-hydrogen) atoms. The van der Waals surface area contributed by atoms with Gasteiger partial charge < -0.3 is 24.8 Å². The standard InChI is InChI=1S/2C17H23.C12H10Si.2ClH.Zr/c2*1-6-13-7-15-9-14(11(2)3)10-16(12(4)5)17(15)8-13;1-3-7-11(8-4-1)13-12-9-5-2-6-10-12;;;/h2*7-12H,6H2,1-5H3;1-10H;2*1H;/q2*-1;;;;+2/p-2. The van der Waals surface area contributed by atoms with E-state index >= 15 is 0 Å². The Morgan fingerprint density at radius 2 is 0.840 bits per heavy atom. The molecule has 6 aromatic rings. The van der Waals surface area contributed by atoms with E-state index in [9.17, 15) is 0 Å². The summed E-state index contributed by atoms with van der Waals surface area (Å²) in [5, 5.41) is 8.81. The molecule has 4 heteroatoms. The molecule has 0 bridgehead atoms. The van der Waals surface area contributed by atoms with E-state index in [0.29, 0.717) is 23.7 Å². The second-order valence-corrected chi connectivity index (χ2v) is 20.0. The van der Waals surface area contributed by atoms with Crippen LogP contribution in [-0.4, -0.2) is 5.43 Å². The van der Waals surface area contributed by atoms with Crippen molar-refractivity contribution in [2.75, 3.05) is 0 Å². The zero-order chi connectivity index (χ0) is 35.0. The summed E-state index contributed by atoms with van der Waals surface area (Å²) >= 11 is 1.64. The van der Waals surface area contributed by atoms with Crippen LogP contribution >= 0.6 is 0 Å². The molecule has 6 rings (SSSR count). The van der Waals surface area contributed by atoms with Gasteiger partial charge in [0.2, 0.25) is 0 Å². The molecule has 0 spiro atoms. The second kappa shape index (κ2) is 20.7. The van der Waals surface area contributed by atoms with E-state index in [0.717, 1.165) is 12.8 Å². The molecule has 0 saturated carbocycles. The van der Waals surface area contributed by atoms with Gasteiger partial charge in [-0.15, -0.1) is 56.9 Å². The number of rotatable bonds is 8. The summed E-state index contributed by atoms with van der Waals surface area (Å²) in [6.07, 6.45) is 2.26. The van der Waals surface area contributed by atoms with E-state index in [4.69, 9.17) is 0 Å². The summed E-state index contributed by atoms with van der Waals surface area (Å²) in [5.74, 6) is 2.42. The molecule has 264 valence electrons. The van der Waals surface area contributed by atoms with E-state index in [1.807, 2.05) is 0 Å². The molecule has 0 nitrogen and oxygen atoms in total. The quantitative estimate of drug-likeness (QED) is 0.130. The molecule has 0 aliphatic heterocycles. The van der Waals surface area contributed by atoms with Gasteiger partial charge in [-0.25, -0.2) is 0 Å². The van der Waals surface area contributed by atoms with Crippen LogP contribution in [0.25, 0.3) is 21.5 Å². The normalized spacial score (nSPS) is 10.9. The number of benzene rings is 4. The molecule has 0 amide bonds. The summed E-state index contributed by atoms with van der Waals surface area (Å²) in [4.78, 5) is 0. The Hall–Kier alpha value is -2.22. The fraction of sp³-hybridized carbons (Fsp3) is 0.348. The topological polar surface area (TPSA) is 0 Å². The number of fused-ring (bicyclic) bond motifs is 2. The van der Waals surface area contributed by atoms with Crippen molar-refractivity contribution in [2.45, 2.75) is 106 Å². The molecule has 0 atom stereocenters. The average Bonchev–Trinajstić information content (AvgIpc) is 3.72. The molecule has 0 saturated heterocycles. The Morgan fingerprint density at radius 1 is 0.500 bits per heavy atom. The average molecular weight is 799 g/mol. The van der Waals surface area contributed by atoms with Crippen molar-refractivity contribution in [3.8, 4) is 0 Å². The Kier molecular flexibility index (Phi) is 18.2. The molecular weight excluding hydrogens is 743 g/mol. The van der Waals surface area contributed by atoms with Crippen LogP contribution in [0.4, 0.5) is 0 Å². The molecule has 0 unspecified atom stereocenters. The number of aryl methyl sites for hydroxylation is 2. The second-order valence-electron chi connectivity index (χ2n) is 14.4. The molecule has 0 fully saturated rings. The monoisotopic (exact) mass is 796 g/mol. The van der Waals surface area contributed by atoms with Crippen molar-refractivity contribution in [2.24, 2.45) is 0 Å². The third-order valence-electron chi connectivity index (χ3n) is 9.39. The Balaban J connectivity index is 0.000000256. The summed E-state index contributed by atoms with van der Waals surface area (Å²) in [6, 6.07) is 40.7. The van der Waals surface area contributed by atoms with Crippen LogP contribution in [0.5, 0.6) is 0 Å². The van der Waals surface area contributed by atoms with Crippen molar-refractivity contribution in [3.05, 3.63) is 143 Å². The SMILES string of the molecule is CCc1cc2c(C(C)C)cc(C(C)C)cc2[cH-]1.CCc1cc2c(C(C)C)cc(C(C)C)cc2[cH-]1.[Cl-].[Cl-].[Zr+2]=[Si](c1ccccc1)c1ccccc1. The Labute approximate surface area is 331 Å². The first-order valence-corrected chi connectivity index (χ1v) is 23.3. The summed E-state index contributed by atoms with van der Waals surface area (Å²) < 4.78 is 0. The molecule has 0 radical (unpaired) electrons. The first kappa shape index (κ1) is 43.9. The van der Waals surface area contributed by atoms with Crippen molar-refractivity contribution >= 4 is 37.4 Å². The van der Waals surface area contributed by atoms with Crippen LogP contribution in [0.3, 0.4) is 0 Å². The van der Waals surface area contributed by atoms with Gasteiger partial charge in [0.15, 0.2) is 0 Å². The van der Waals surface area contributed by atoms with E-state index < -0.39 is 5.43 Å². The molecule has 0 N–H and O–H groups in total. The molecule has 6 aromatic carbocycles. The zero-order valence-electron chi connectivity index (χ0n) is 31.9. The van der Waals surface area contributed by atoms with Gasteiger partial charge in [0.05, 0.1) is 0 Å². The Bertz CT molecular complexity index is 1770. The zero-order valence-corrected chi connectivity index (χ0v) is 36.8. The van der Waals surface area contributed by atoms with Gasteiger partial charge >= 0.3 is 99.8 Å². The maximum atomic E-state index is 2.40. The van der Waals surface area contributed by atoms with Crippen molar-refractivity contribution in [1.29, 1.82) is 0 Å². The van der Waals surface area contributed by atoms with Gasteiger partial charge in [0.1, 0.15) is 0 Å². The van der Waals surface area contributed by atoms with Crippen molar-refractivity contribution in [1.82, 2.24) is 0 Å². The van der Waals surface area contributed by atoms with E-state index in [-0.39, 0.29) is 24.8 Å². The van der Waals surface area contributed by atoms with Crippen molar-refractivity contribution in [3.63, 3.8) is 0 Å². The Morgan fingerprint density at radius 3 is 1.12 bits per heavy atom. The third-order valence-corrected chi connectivity index (χ3v) is 15.5. The molecule has 0 aromatic heterocycles. The van der Waals surface area contributed by atoms with Crippen LogP contribution in [0.2, 0.25) is 0 Å². The number of hydrogen-bond donors (Lipinski definition) is 0. The van der Waals surface area contributed by atoms with Crippen molar-refractivity contribution < 1.29 is 48.1 Å². The van der Waals surface area contributed by atoms with Gasteiger partial charge in [-0.05, 0) is 36.5 Å². The van der Waals surface area contributed by atoms with Gasteiger partial charge in [-0.1, -0.05) is 104 Å². The maximum absolute atomic E-state index is 2.40. The summed E-state index contributed by atoms with van der Waals surface area (Å²) in [7, 11) is 0. The van der Waals surface area contributed by atoms with Crippen LogP contribution < -0.4 is 35.2 Å². The number of hydrogen-bond acceptors (Lipinski definition) is 0. The predicted octanol–water partition coefficient (Wildman–Crippen LogP) is 6.08. The fourth-order valence-corrected chi connectivity index (χ4v) is 10.1. The minimum absolute atomic E-state index is 0. The fourth-order valence-electron chi connectivity index (χ4n) is 6.28. The third kappa shape index (κ3) is 11.4. The molecule has 0 aliphatic rings. The van der Waals surface area contributed by atoms with Crippen LogP contribution in [0, 0.1) is 0 Å². The molecule has 0 heterocycles. The van der Waals surface area contributed by atoms with E-state index in [1.54, 1.807) is 23.3 Å². The predicted molar refractivity (Wildman–Crippen MR) is 212 cm³/mol. The van der Waals surface area contributed by atoms with Gasteiger partial charge in [-0.2, -0.15) is 12.1 Å².